The molecular formula is C12H19N3OS. The zero-order valence-corrected chi connectivity index (χ0v) is 10.8. The molecule has 0 amide bonds. The van der Waals surface area contributed by atoms with Crippen LogP contribution < -0.4 is 10.2 Å². The highest BCUT2D eigenvalue weighted by Gasteiger charge is 2.27. The number of nitrogens with one attached hydrogen (secondary N) is 2. The number of thiazole rings is 1. The predicted molar refractivity (Wildman–Crippen MR) is 69.4 cm³/mol. The molecule has 4 nitrogen and oxygen atoms in total. The highest BCUT2D eigenvalue weighted by atomic mass is 32.1. The second kappa shape index (κ2) is 4.92. The summed E-state index contributed by atoms with van der Waals surface area (Å²) in [5.74, 6) is 0. The summed E-state index contributed by atoms with van der Waals surface area (Å²) in [4.78, 5) is 16.5. The average Bonchev–Trinajstić information content (AvgIpc) is 3.02. The van der Waals surface area contributed by atoms with Gasteiger partial charge in [0.15, 0.2) is 0 Å². The van der Waals surface area contributed by atoms with Crippen molar-refractivity contribution in [2.24, 2.45) is 0 Å². The van der Waals surface area contributed by atoms with E-state index in [1.54, 1.807) is 0 Å². The third-order valence-electron chi connectivity index (χ3n) is 3.52. The Bertz CT molecular complexity index is 423. The fourth-order valence-electron chi connectivity index (χ4n) is 2.55. The molecule has 17 heavy (non-hydrogen) atoms. The summed E-state index contributed by atoms with van der Waals surface area (Å²) >= 11 is 1.26. The number of H-pyrrole nitrogens is 1. The smallest absolute Gasteiger partial charge is 0.304 e. The summed E-state index contributed by atoms with van der Waals surface area (Å²) < 4.78 is 0. The Kier molecular flexibility index (Phi) is 3.31. The molecule has 1 aliphatic carbocycles. The van der Waals surface area contributed by atoms with Crippen LogP contribution in [0.4, 0.5) is 0 Å². The first-order valence-electron chi connectivity index (χ1n) is 6.45. The van der Waals surface area contributed by atoms with Crippen molar-refractivity contribution in [3.8, 4) is 0 Å². The Morgan fingerprint density at radius 1 is 1.41 bits per heavy atom. The van der Waals surface area contributed by atoms with Crippen LogP contribution in [0.2, 0.25) is 0 Å². The first-order valence-corrected chi connectivity index (χ1v) is 7.32. The number of piperidine rings is 1. The molecule has 1 saturated heterocycles. The molecule has 1 aromatic heterocycles. The molecule has 1 saturated carbocycles. The molecule has 3 rings (SSSR count). The van der Waals surface area contributed by atoms with Gasteiger partial charge >= 0.3 is 4.87 Å². The van der Waals surface area contributed by atoms with Gasteiger partial charge in [0.2, 0.25) is 0 Å². The van der Waals surface area contributed by atoms with E-state index in [1.807, 2.05) is 5.38 Å². The van der Waals surface area contributed by atoms with E-state index in [9.17, 15) is 4.79 Å². The Balaban J connectivity index is 1.53. The van der Waals surface area contributed by atoms with Crippen molar-refractivity contribution in [2.45, 2.75) is 44.3 Å². The maximum Gasteiger partial charge on any atom is 0.304 e. The summed E-state index contributed by atoms with van der Waals surface area (Å²) in [5, 5.41) is 5.65. The van der Waals surface area contributed by atoms with Crippen molar-refractivity contribution in [1.29, 1.82) is 0 Å². The lowest BCUT2D eigenvalue weighted by Crippen LogP contribution is -2.46. The maximum atomic E-state index is 11.1. The molecule has 1 aromatic rings. The van der Waals surface area contributed by atoms with Crippen LogP contribution in [0.1, 0.15) is 31.4 Å². The minimum atomic E-state index is 0.0599. The molecule has 0 aromatic carbocycles. The summed E-state index contributed by atoms with van der Waals surface area (Å²) in [5.41, 5.74) is 1.06. The maximum absolute atomic E-state index is 11.1. The summed E-state index contributed by atoms with van der Waals surface area (Å²) in [6.07, 6.45) is 5.27. The van der Waals surface area contributed by atoms with Crippen LogP contribution in [0.25, 0.3) is 0 Å². The van der Waals surface area contributed by atoms with Gasteiger partial charge in [-0.1, -0.05) is 11.3 Å². The zero-order valence-electron chi connectivity index (χ0n) is 9.95. The van der Waals surface area contributed by atoms with Gasteiger partial charge in [0.1, 0.15) is 0 Å². The van der Waals surface area contributed by atoms with Crippen LogP contribution in [0, 0.1) is 0 Å². The molecule has 2 heterocycles. The number of hydrogen-bond acceptors (Lipinski definition) is 4. The third kappa shape index (κ3) is 3.18. The van der Waals surface area contributed by atoms with Gasteiger partial charge in [-0.05, 0) is 32.2 Å². The van der Waals surface area contributed by atoms with Crippen LogP contribution in [0.3, 0.4) is 0 Å². The van der Waals surface area contributed by atoms with Crippen molar-refractivity contribution < 1.29 is 0 Å². The predicted octanol–water partition coefficient (Wildman–Crippen LogP) is 1.15. The van der Waals surface area contributed by atoms with E-state index in [0.717, 1.165) is 31.4 Å². The van der Waals surface area contributed by atoms with Gasteiger partial charge in [0.25, 0.3) is 0 Å². The number of nitrogens with zero attached hydrogens (tertiary/aromatic N) is 1. The molecule has 0 bridgehead atoms. The van der Waals surface area contributed by atoms with E-state index in [-0.39, 0.29) is 4.87 Å². The fraction of sp³-hybridized carbons (Fsp3) is 0.750. The SMILES string of the molecule is O=c1[nH]c(CN2CCCC(NC3CC3)C2)cs1. The van der Waals surface area contributed by atoms with Crippen molar-refractivity contribution in [1.82, 2.24) is 15.2 Å². The third-order valence-corrected chi connectivity index (χ3v) is 4.24. The molecule has 1 atom stereocenters. The zero-order chi connectivity index (χ0) is 11.7. The van der Waals surface area contributed by atoms with E-state index in [2.05, 4.69) is 15.2 Å². The van der Waals surface area contributed by atoms with E-state index >= 15 is 0 Å². The summed E-state index contributed by atoms with van der Waals surface area (Å²) in [7, 11) is 0. The highest BCUT2D eigenvalue weighted by Crippen LogP contribution is 2.22. The summed E-state index contributed by atoms with van der Waals surface area (Å²) in [6, 6.07) is 1.45. The minimum Gasteiger partial charge on any atom is -0.315 e. The highest BCUT2D eigenvalue weighted by molar-refractivity contribution is 7.07. The Hall–Kier alpha value is -0.650. The molecule has 0 radical (unpaired) electrons. The van der Waals surface area contributed by atoms with Crippen molar-refractivity contribution in [2.75, 3.05) is 13.1 Å². The molecule has 1 unspecified atom stereocenters. The number of likely N-dealkylation sites (tertiary alicyclic amines) is 1. The summed E-state index contributed by atoms with van der Waals surface area (Å²) in [6.45, 7) is 3.16. The van der Waals surface area contributed by atoms with Crippen LogP contribution in [0.5, 0.6) is 0 Å². The van der Waals surface area contributed by atoms with Gasteiger partial charge in [-0.25, -0.2) is 0 Å². The molecule has 0 spiro atoms. The van der Waals surface area contributed by atoms with Gasteiger partial charge in [-0.15, -0.1) is 0 Å². The lowest BCUT2D eigenvalue weighted by molar-refractivity contribution is 0.181. The standard InChI is InChI=1S/C12H19N3OS/c16-12-14-11(8-17-12)7-15-5-1-2-10(6-15)13-9-3-4-9/h8-10,13H,1-7H2,(H,14,16). The van der Waals surface area contributed by atoms with E-state index in [1.165, 1.54) is 37.0 Å². The number of rotatable bonds is 4. The van der Waals surface area contributed by atoms with Crippen LogP contribution in [-0.4, -0.2) is 35.1 Å². The normalized spacial score (nSPS) is 26.2. The number of hydrogen-bond donors (Lipinski definition) is 2. The lowest BCUT2D eigenvalue weighted by Gasteiger charge is -2.33. The van der Waals surface area contributed by atoms with Gasteiger partial charge < -0.3 is 10.3 Å². The second-order valence-electron chi connectivity index (χ2n) is 5.19. The van der Waals surface area contributed by atoms with Gasteiger partial charge in [-0.2, -0.15) is 0 Å². The molecule has 2 N–H and O–H groups in total. The van der Waals surface area contributed by atoms with Crippen molar-refractivity contribution >= 4 is 11.3 Å². The Morgan fingerprint density at radius 3 is 3.00 bits per heavy atom. The van der Waals surface area contributed by atoms with Gasteiger partial charge in [-0.3, -0.25) is 9.69 Å². The van der Waals surface area contributed by atoms with Gasteiger partial charge in [0.05, 0.1) is 0 Å². The van der Waals surface area contributed by atoms with E-state index < -0.39 is 0 Å². The van der Waals surface area contributed by atoms with Gasteiger partial charge in [0, 0.05) is 36.2 Å². The van der Waals surface area contributed by atoms with Crippen LogP contribution >= 0.6 is 11.3 Å². The number of aromatic nitrogens is 1. The average molecular weight is 253 g/mol. The van der Waals surface area contributed by atoms with Crippen molar-refractivity contribution in [3.05, 3.63) is 20.7 Å². The monoisotopic (exact) mass is 253 g/mol. The number of aromatic amines is 1. The largest absolute Gasteiger partial charge is 0.315 e. The van der Waals surface area contributed by atoms with E-state index in [4.69, 9.17) is 0 Å². The lowest BCUT2D eigenvalue weighted by atomic mass is 10.1. The minimum absolute atomic E-state index is 0.0599. The first-order chi connectivity index (χ1) is 8.29. The molecule has 1 aliphatic heterocycles. The Labute approximate surface area is 105 Å². The first kappa shape index (κ1) is 11.4. The molecular weight excluding hydrogens is 234 g/mol. The van der Waals surface area contributed by atoms with Crippen LogP contribution in [0.15, 0.2) is 10.2 Å². The fourth-order valence-corrected chi connectivity index (χ4v) is 3.12. The molecule has 2 aliphatic rings. The quantitative estimate of drug-likeness (QED) is 0.846. The molecule has 2 fully saturated rings. The van der Waals surface area contributed by atoms with Crippen molar-refractivity contribution in [3.63, 3.8) is 0 Å². The molecule has 94 valence electrons. The van der Waals surface area contributed by atoms with E-state index in [0.29, 0.717) is 6.04 Å². The second-order valence-corrected chi connectivity index (χ2v) is 6.03. The van der Waals surface area contributed by atoms with Crippen LogP contribution in [-0.2, 0) is 6.54 Å². The molecule has 5 heteroatoms. The Morgan fingerprint density at radius 2 is 2.29 bits per heavy atom. The topological polar surface area (TPSA) is 48.1 Å².